The van der Waals surface area contributed by atoms with Crippen LogP contribution in [0, 0.1) is 19.7 Å². The maximum atomic E-state index is 13.2. The van der Waals surface area contributed by atoms with E-state index >= 15 is 0 Å². The fraction of sp³-hybridized carbons (Fsp3) is 0.400. The van der Waals surface area contributed by atoms with Crippen molar-refractivity contribution in [1.29, 1.82) is 0 Å². The SMILES string of the molecule is Cc1cc(C)nc(NC2CCC(NC(=O)c3ccc(F)c(Cl)c3)CC2)c1. The second-order valence-electron chi connectivity index (χ2n) is 6.97. The van der Waals surface area contributed by atoms with Crippen molar-refractivity contribution >= 4 is 23.3 Å². The molecule has 1 aliphatic rings. The molecule has 26 heavy (non-hydrogen) atoms. The van der Waals surface area contributed by atoms with Gasteiger partial charge in [0.2, 0.25) is 0 Å². The van der Waals surface area contributed by atoms with E-state index in [-0.39, 0.29) is 17.0 Å². The lowest BCUT2D eigenvalue weighted by Gasteiger charge is -2.30. The first-order valence-electron chi connectivity index (χ1n) is 8.88. The molecular formula is C20H23ClFN3O. The lowest BCUT2D eigenvalue weighted by molar-refractivity contribution is 0.0926. The second kappa shape index (κ2) is 8.04. The number of amides is 1. The molecule has 1 saturated carbocycles. The number of hydrogen-bond acceptors (Lipinski definition) is 3. The number of rotatable bonds is 4. The summed E-state index contributed by atoms with van der Waals surface area (Å²) in [6.07, 6.45) is 3.71. The molecule has 1 heterocycles. The monoisotopic (exact) mass is 375 g/mol. The van der Waals surface area contributed by atoms with Gasteiger partial charge in [-0.15, -0.1) is 0 Å². The zero-order valence-electron chi connectivity index (χ0n) is 15.0. The molecule has 0 saturated heterocycles. The van der Waals surface area contributed by atoms with Crippen molar-refractivity contribution in [2.45, 2.75) is 51.6 Å². The van der Waals surface area contributed by atoms with Crippen molar-refractivity contribution in [2.75, 3.05) is 5.32 Å². The molecule has 1 fully saturated rings. The van der Waals surface area contributed by atoms with Crippen LogP contribution in [-0.2, 0) is 0 Å². The predicted octanol–water partition coefficient (Wildman–Crippen LogP) is 4.64. The Morgan fingerprint density at radius 2 is 1.81 bits per heavy atom. The first kappa shape index (κ1) is 18.6. The topological polar surface area (TPSA) is 54.0 Å². The average molecular weight is 376 g/mol. The number of nitrogens with zero attached hydrogens (tertiary/aromatic N) is 1. The number of hydrogen-bond donors (Lipinski definition) is 2. The smallest absolute Gasteiger partial charge is 0.251 e. The molecule has 1 aliphatic carbocycles. The summed E-state index contributed by atoms with van der Waals surface area (Å²) in [7, 11) is 0. The molecule has 2 aromatic rings. The van der Waals surface area contributed by atoms with Crippen molar-refractivity contribution < 1.29 is 9.18 Å². The Kier molecular flexibility index (Phi) is 5.77. The van der Waals surface area contributed by atoms with E-state index in [1.165, 1.54) is 23.8 Å². The summed E-state index contributed by atoms with van der Waals surface area (Å²) in [4.78, 5) is 16.8. The fourth-order valence-electron chi connectivity index (χ4n) is 3.41. The number of aryl methyl sites for hydroxylation is 2. The highest BCUT2D eigenvalue weighted by atomic mass is 35.5. The van der Waals surface area contributed by atoms with E-state index < -0.39 is 5.82 Å². The predicted molar refractivity (Wildman–Crippen MR) is 102 cm³/mol. The molecule has 0 aliphatic heterocycles. The first-order valence-corrected chi connectivity index (χ1v) is 9.26. The molecule has 6 heteroatoms. The molecule has 0 spiro atoms. The van der Waals surface area contributed by atoms with Gasteiger partial charge in [-0.2, -0.15) is 0 Å². The van der Waals surface area contributed by atoms with Crippen LogP contribution in [0.3, 0.4) is 0 Å². The van der Waals surface area contributed by atoms with E-state index in [2.05, 4.69) is 34.7 Å². The van der Waals surface area contributed by atoms with Crippen molar-refractivity contribution in [2.24, 2.45) is 0 Å². The van der Waals surface area contributed by atoms with Gasteiger partial charge in [0.25, 0.3) is 5.91 Å². The van der Waals surface area contributed by atoms with Gasteiger partial charge >= 0.3 is 0 Å². The Morgan fingerprint density at radius 3 is 2.46 bits per heavy atom. The van der Waals surface area contributed by atoms with Gasteiger partial charge in [-0.25, -0.2) is 9.37 Å². The van der Waals surface area contributed by atoms with Crippen LogP contribution in [0.4, 0.5) is 10.2 Å². The zero-order chi connectivity index (χ0) is 18.7. The van der Waals surface area contributed by atoms with E-state index in [4.69, 9.17) is 11.6 Å². The van der Waals surface area contributed by atoms with Gasteiger partial charge in [0, 0.05) is 23.3 Å². The standard InChI is InChI=1S/C20H23ClFN3O/c1-12-9-13(2)23-19(10-12)24-15-4-6-16(7-5-15)25-20(26)14-3-8-18(22)17(21)11-14/h3,8-11,15-16H,4-7H2,1-2H3,(H,23,24)(H,25,26). The van der Waals surface area contributed by atoms with Gasteiger partial charge in [0.15, 0.2) is 0 Å². The summed E-state index contributed by atoms with van der Waals surface area (Å²) in [5, 5.41) is 6.48. The number of pyridine rings is 1. The average Bonchev–Trinajstić information content (AvgIpc) is 2.58. The van der Waals surface area contributed by atoms with Crippen molar-refractivity contribution in [1.82, 2.24) is 10.3 Å². The molecular weight excluding hydrogens is 353 g/mol. The normalized spacial score (nSPS) is 19.8. The van der Waals surface area contributed by atoms with Gasteiger partial charge in [-0.3, -0.25) is 4.79 Å². The summed E-state index contributed by atoms with van der Waals surface area (Å²) in [5.41, 5.74) is 2.58. The highest BCUT2D eigenvalue weighted by molar-refractivity contribution is 6.31. The Hall–Kier alpha value is -2.14. The number of carbonyl (C=O) groups excluding carboxylic acids is 1. The molecule has 1 aromatic heterocycles. The van der Waals surface area contributed by atoms with E-state index in [9.17, 15) is 9.18 Å². The molecule has 1 aromatic carbocycles. The van der Waals surface area contributed by atoms with Crippen LogP contribution in [-0.4, -0.2) is 23.0 Å². The van der Waals surface area contributed by atoms with Crippen molar-refractivity contribution in [3.63, 3.8) is 0 Å². The molecule has 1 amide bonds. The minimum Gasteiger partial charge on any atom is -0.367 e. The molecule has 0 unspecified atom stereocenters. The maximum Gasteiger partial charge on any atom is 0.251 e. The van der Waals surface area contributed by atoms with Crippen molar-refractivity contribution in [3.05, 3.63) is 58.0 Å². The van der Waals surface area contributed by atoms with Crippen LogP contribution in [0.25, 0.3) is 0 Å². The van der Waals surface area contributed by atoms with Crippen molar-refractivity contribution in [3.8, 4) is 0 Å². The Balaban J connectivity index is 1.51. The van der Waals surface area contributed by atoms with E-state index in [1.807, 2.05) is 6.92 Å². The van der Waals surface area contributed by atoms with E-state index in [0.29, 0.717) is 11.6 Å². The largest absolute Gasteiger partial charge is 0.367 e. The van der Waals surface area contributed by atoms with Crippen LogP contribution in [0.1, 0.15) is 47.3 Å². The molecule has 138 valence electrons. The number of benzene rings is 1. The van der Waals surface area contributed by atoms with Gasteiger partial charge in [0.05, 0.1) is 5.02 Å². The molecule has 0 radical (unpaired) electrons. The van der Waals surface area contributed by atoms with Gasteiger partial charge in [-0.05, 0) is 75.4 Å². The third kappa shape index (κ3) is 4.73. The molecule has 3 rings (SSSR count). The highest BCUT2D eigenvalue weighted by Gasteiger charge is 2.23. The summed E-state index contributed by atoms with van der Waals surface area (Å²) < 4.78 is 13.2. The van der Waals surface area contributed by atoms with Crippen LogP contribution < -0.4 is 10.6 Å². The third-order valence-corrected chi connectivity index (χ3v) is 4.98. The molecule has 0 atom stereocenters. The van der Waals surface area contributed by atoms with E-state index in [1.54, 1.807) is 0 Å². The quantitative estimate of drug-likeness (QED) is 0.818. The molecule has 4 nitrogen and oxygen atoms in total. The van der Waals surface area contributed by atoms with Gasteiger partial charge in [0.1, 0.15) is 11.6 Å². The zero-order valence-corrected chi connectivity index (χ0v) is 15.7. The number of aromatic nitrogens is 1. The van der Waals surface area contributed by atoms with E-state index in [0.717, 1.165) is 37.2 Å². The number of nitrogens with one attached hydrogen (secondary N) is 2. The highest BCUT2D eigenvalue weighted by Crippen LogP contribution is 2.23. The third-order valence-electron chi connectivity index (χ3n) is 4.69. The lowest BCUT2D eigenvalue weighted by atomic mass is 9.91. The molecule has 2 N–H and O–H groups in total. The fourth-order valence-corrected chi connectivity index (χ4v) is 3.59. The van der Waals surface area contributed by atoms with Gasteiger partial charge < -0.3 is 10.6 Å². The minimum absolute atomic E-state index is 0.0356. The summed E-state index contributed by atoms with van der Waals surface area (Å²) >= 11 is 5.75. The van der Waals surface area contributed by atoms with Crippen LogP contribution in [0.5, 0.6) is 0 Å². The maximum absolute atomic E-state index is 13.2. The summed E-state index contributed by atoms with van der Waals surface area (Å²) in [6.45, 7) is 4.06. The van der Waals surface area contributed by atoms with Crippen LogP contribution >= 0.6 is 11.6 Å². The lowest BCUT2D eigenvalue weighted by Crippen LogP contribution is -2.40. The minimum atomic E-state index is -0.519. The van der Waals surface area contributed by atoms with Crippen LogP contribution in [0.15, 0.2) is 30.3 Å². The first-order chi connectivity index (χ1) is 12.4. The molecule has 0 bridgehead atoms. The number of anilines is 1. The Bertz CT molecular complexity index is 783. The second-order valence-corrected chi connectivity index (χ2v) is 7.37. The Labute approximate surface area is 158 Å². The Morgan fingerprint density at radius 1 is 1.12 bits per heavy atom. The summed E-state index contributed by atoms with van der Waals surface area (Å²) in [5.74, 6) is 0.185. The number of halogens is 2. The van der Waals surface area contributed by atoms with Gasteiger partial charge in [-0.1, -0.05) is 11.6 Å². The number of carbonyl (C=O) groups is 1. The van der Waals surface area contributed by atoms with Crippen LogP contribution in [0.2, 0.25) is 5.02 Å². The summed E-state index contributed by atoms with van der Waals surface area (Å²) in [6, 6.07) is 8.63.